The Morgan fingerprint density at radius 1 is 1.48 bits per heavy atom. The largest absolute Gasteiger partial charge is 0.378 e. The van der Waals surface area contributed by atoms with E-state index in [2.05, 4.69) is 29.5 Å². The van der Waals surface area contributed by atoms with Gasteiger partial charge >= 0.3 is 6.03 Å². The zero-order chi connectivity index (χ0) is 16.8. The van der Waals surface area contributed by atoms with Crippen LogP contribution in [-0.2, 0) is 4.74 Å². The molecule has 1 aliphatic heterocycles. The van der Waals surface area contributed by atoms with Crippen molar-refractivity contribution in [2.45, 2.75) is 71.6 Å². The first-order valence-corrected chi connectivity index (χ1v) is 9.46. The van der Waals surface area contributed by atoms with E-state index in [1.54, 1.807) is 11.3 Å². The van der Waals surface area contributed by atoms with E-state index < -0.39 is 0 Å². The fraction of sp³-hybridized carbons (Fsp3) is 0.765. The number of hydrogen-bond acceptors (Lipinski definition) is 4. The lowest BCUT2D eigenvalue weighted by Gasteiger charge is -2.34. The predicted octanol–water partition coefficient (Wildman–Crippen LogP) is 3.80. The van der Waals surface area contributed by atoms with Gasteiger partial charge in [0, 0.05) is 23.7 Å². The Hall–Kier alpha value is -1.14. The summed E-state index contributed by atoms with van der Waals surface area (Å²) in [6, 6.07) is 0.0171. The van der Waals surface area contributed by atoms with Crippen molar-refractivity contribution in [3.8, 4) is 0 Å². The first kappa shape index (κ1) is 18.2. The van der Waals surface area contributed by atoms with Gasteiger partial charge in [0.25, 0.3) is 0 Å². The number of urea groups is 1. The molecule has 0 saturated carbocycles. The Morgan fingerprint density at radius 2 is 2.22 bits per heavy atom. The summed E-state index contributed by atoms with van der Waals surface area (Å²) in [5.41, 5.74) is 0. The fourth-order valence-corrected chi connectivity index (χ4v) is 3.94. The molecule has 6 heteroatoms. The summed E-state index contributed by atoms with van der Waals surface area (Å²) in [4.78, 5) is 17.7. The fourth-order valence-electron chi connectivity index (χ4n) is 3.16. The van der Waals surface area contributed by atoms with Crippen LogP contribution in [0.2, 0.25) is 0 Å². The lowest BCUT2D eigenvalue weighted by Crippen LogP contribution is -2.48. The Balaban J connectivity index is 1.82. The predicted molar refractivity (Wildman–Crippen MR) is 93.8 cm³/mol. The van der Waals surface area contributed by atoms with Gasteiger partial charge in [0.1, 0.15) is 5.01 Å². The van der Waals surface area contributed by atoms with Crippen molar-refractivity contribution in [2.24, 2.45) is 5.92 Å². The van der Waals surface area contributed by atoms with Gasteiger partial charge in [0.2, 0.25) is 0 Å². The molecule has 1 aliphatic rings. The van der Waals surface area contributed by atoms with Crippen LogP contribution in [0.3, 0.4) is 0 Å². The summed E-state index contributed by atoms with van der Waals surface area (Å²) in [7, 11) is 0. The second-order valence-electron chi connectivity index (χ2n) is 6.36. The molecule has 1 saturated heterocycles. The van der Waals surface area contributed by atoms with Crippen LogP contribution in [-0.4, -0.2) is 29.8 Å². The number of rotatable bonds is 6. The third kappa shape index (κ3) is 5.18. The molecule has 0 unspecified atom stereocenters. The molecular weight excluding hydrogens is 310 g/mol. The minimum atomic E-state index is -0.111. The van der Waals surface area contributed by atoms with Gasteiger partial charge in [-0.25, -0.2) is 9.78 Å². The van der Waals surface area contributed by atoms with Crippen LogP contribution in [0.25, 0.3) is 0 Å². The average molecular weight is 340 g/mol. The van der Waals surface area contributed by atoms with Crippen molar-refractivity contribution in [1.29, 1.82) is 0 Å². The number of carbonyl (C=O) groups excluding carboxylic acids is 1. The number of carbonyl (C=O) groups is 1. The summed E-state index contributed by atoms with van der Waals surface area (Å²) in [6.45, 7) is 9.13. The number of thiazole rings is 1. The second-order valence-corrected chi connectivity index (χ2v) is 7.62. The smallest absolute Gasteiger partial charge is 0.315 e. The molecule has 1 fully saturated rings. The number of nitrogens with one attached hydrogen (secondary N) is 2. The molecule has 2 rings (SSSR count). The van der Waals surface area contributed by atoms with Crippen molar-refractivity contribution in [3.05, 3.63) is 16.1 Å². The van der Waals surface area contributed by atoms with Gasteiger partial charge in [-0.05, 0) is 32.6 Å². The third-order valence-electron chi connectivity index (χ3n) is 4.58. The molecule has 5 nitrogen and oxygen atoms in total. The Kier molecular flexibility index (Phi) is 6.84. The van der Waals surface area contributed by atoms with Crippen LogP contribution in [0.5, 0.6) is 0 Å². The summed E-state index contributed by atoms with van der Waals surface area (Å²) in [5, 5.41) is 7.04. The van der Waals surface area contributed by atoms with Gasteiger partial charge in [-0.1, -0.05) is 26.7 Å². The molecule has 3 atom stereocenters. The van der Waals surface area contributed by atoms with Crippen LogP contribution in [0.1, 0.15) is 62.4 Å². The van der Waals surface area contributed by atoms with Gasteiger partial charge in [-0.15, -0.1) is 11.3 Å². The SMILES string of the molecule is CCC(CC)[C@@H]1C[C@H](NC(=O)N[C@H](C)c2ncc(C)s2)CCO1. The number of hydrogen-bond donors (Lipinski definition) is 2. The summed E-state index contributed by atoms with van der Waals surface area (Å²) < 4.78 is 5.91. The number of ether oxygens (including phenoxy) is 1. The van der Waals surface area contributed by atoms with Crippen molar-refractivity contribution in [3.63, 3.8) is 0 Å². The molecule has 0 bridgehead atoms. The molecule has 0 radical (unpaired) electrons. The molecule has 2 amide bonds. The van der Waals surface area contributed by atoms with Crippen LogP contribution in [0, 0.1) is 12.8 Å². The molecular formula is C17H29N3O2S. The Morgan fingerprint density at radius 3 is 2.83 bits per heavy atom. The molecule has 2 heterocycles. The van der Waals surface area contributed by atoms with Crippen LogP contribution >= 0.6 is 11.3 Å². The number of amides is 2. The number of nitrogens with zero attached hydrogens (tertiary/aromatic N) is 1. The maximum Gasteiger partial charge on any atom is 0.315 e. The van der Waals surface area contributed by atoms with Crippen LogP contribution in [0.15, 0.2) is 6.20 Å². The number of aryl methyl sites for hydroxylation is 1. The van der Waals surface area contributed by atoms with E-state index in [0.29, 0.717) is 5.92 Å². The van der Waals surface area contributed by atoms with Gasteiger partial charge in [0.15, 0.2) is 0 Å². The average Bonchev–Trinajstić information content (AvgIpc) is 2.95. The van der Waals surface area contributed by atoms with Crippen molar-refractivity contribution in [2.75, 3.05) is 6.61 Å². The monoisotopic (exact) mass is 339 g/mol. The highest BCUT2D eigenvalue weighted by atomic mass is 32.1. The summed E-state index contributed by atoms with van der Waals surface area (Å²) in [5.74, 6) is 0.583. The van der Waals surface area contributed by atoms with Gasteiger partial charge in [0.05, 0.1) is 12.1 Å². The van der Waals surface area contributed by atoms with E-state index in [1.165, 1.54) is 0 Å². The summed E-state index contributed by atoms with van der Waals surface area (Å²) in [6.07, 6.45) is 6.15. The lowest BCUT2D eigenvalue weighted by atomic mass is 9.89. The first-order valence-electron chi connectivity index (χ1n) is 8.64. The van der Waals surface area contributed by atoms with Crippen LogP contribution < -0.4 is 10.6 Å². The van der Waals surface area contributed by atoms with Crippen molar-refractivity contribution in [1.82, 2.24) is 15.6 Å². The van der Waals surface area contributed by atoms with Gasteiger partial charge in [-0.2, -0.15) is 0 Å². The molecule has 130 valence electrons. The highest BCUT2D eigenvalue weighted by Gasteiger charge is 2.28. The molecule has 23 heavy (non-hydrogen) atoms. The zero-order valence-corrected chi connectivity index (χ0v) is 15.4. The highest BCUT2D eigenvalue weighted by Crippen LogP contribution is 2.25. The molecule has 0 spiro atoms. The van der Waals surface area contributed by atoms with Crippen LogP contribution in [0.4, 0.5) is 4.79 Å². The Bertz CT molecular complexity index is 502. The highest BCUT2D eigenvalue weighted by molar-refractivity contribution is 7.11. The topological polar surface area (TPSA) is 63.2 Å². The molecule has 0 aromatic carbocycles. The standard InChI is InChI=1S/C17H29N3O2S/c1-5-13(6-2)15-9-14(7-8-22-15)20-17(21)19-12(4)16-18-10-11(3)23-16/h10,12-15H,5-9H2,1-4H3,(H2,19,20,21)/t12-,14-,15+/m1/s1. The first-order chi connectivity index (χ1) is 11.0. The van der Waals surface area contributed by atoms with E-state index in [9.17, 15) is 4.79 Å². The quantitative estimate of drug-likeness (QED) is 0.829. The maximum atomic E-state index is 12.2. The maximum absolute atomic E-state index is 12.2. The minimum Gasteiger partial charge on any atom is -0.378 e. The van der Waals surface area contributed by atoms with Gasteiger partial charge in [-0.3, -0.25) is 0 Å². The Labute approximate surface area is 143 Å². The van der Waals surface area contributed by atoms with E-state index in [0.717, 1.165) is 42.2 Å². The molecule has 1 aromatic rings. The summed E-state index contributed by atoms with van der Waals surface area (Å²) >= 11 is 1.62. The number of aromatic nitrogens is 1. The van der Waals surface area contributed by atoms with E-state index in [4.69, 9.17) is 4.74 Å². The van der Waals surface area contributed by atoms with Crippen molar-refractivity contribution >= 4 is 17.4 Å². The molecule has 2 N–H and O–H groups in total. The van der Waals surface area contributed by atoms with E-state index in [-0.39, 0.29) is 24.2 Å². The normalized spacial score (nSPS) is 22.8. The van der Waals surface area contributed by atoms with E-state index in [1.807, 2.05) is 20.0 Å². The second kappa shape index (κ2) is 8.64. The lowest BCUT2D eigenvalue weighted by molar-refractivity contribution is -0.0331. The zero-order valence-electron chi connectivity index (χ0n) is 14.6. The van der Waals surface area contributed by atoms with Gasteiger partial charge < -0.3 is 15.4 Å². The minimum absolute atomic E-state index is 0.0663. The molecule has 1 aromatic heterocycles. The van der Waals surface area contributed by atoms with E-state index >= 15 is 0 Å². The molecule has 0 aliphatic carbocycles. The third-order valence-corrected chi connectivity index (χ3v) is 5.68. The van der Waals surface area contributed by atoms with Crippen molar-refractivity contribution < 1.29 is 9.53 Å².